The van der Waals surface area contributed by atoms with Crippen molar-refractivity contribution in [2.24, 2.45) is 0 Å². The van der Waals surface area contributed by atoms with Crippen LogP contribution in [0.2, 0.25) is 0 Å². The molecule has 1 aliphatic rings. The van der Waals surface area contributed by atoms with Crippen LogP contribution in [-0.2, 0) is 11.2 Å². The molecule has 1 aliphatic heterocycles. The maximum absolute atomic E-state index is 12.8. The van der Waals surface area contributed by atoms with E-state index in [4.69, 9.17) is 9.15 Å². The first-order valence-electron chi connectivity index (χ1n) is 10.8. The Labute approximate surface area is 190 Å². The zero-order chi connectivity index (χ0) is 23.5. The van der Waals surface area contributed by atoms with Crippen LogP contribution in [0.15, 0.2) is 51.7 Å². The second kappa shape index (κ2) is 9.32. The van der Waals surface area contributed by atoms with Gasteiger partial charge in [-0.25, -0.2) is 4.79 Å². The molecule has 0 aliphatic carbocycles. The van der Waals surface area contributed by atoms with Crippen LogP contribution in [0.4, 0.5) is 11.4 Å². The van der Waals surface area contributed by atoms with Crippen molar-refractivity contribution in [2.75, 3.05) is 38.2 Å². The number of benzene rings is 2. The summed E-state index contributed by atoms with van der Waals surface area (Å²) in [7, 11) is 1.55. The fraction of sp³-hybridized carbons (Fsp3) is 0.333. The highest BCUT2D eigenvalue weighted by Crippen LogP contribution is 2.28. The quantitative estimate of drug-likeness (QED) is 0.322. The Bertz CT molecular complexity index is 1260. The Morgan fingerprint density at radius 2 is 1.88 bits per heavy atom. The number of ether oxygens (including phenoxy) is 1. The monoisotopic (exact) mass is 451 g/mol. The Kier molecular flexibility index (Phi) is 6.30. The molecule has 0 saturated carbocycles. The lowest BCUT2D eigenvalue weighted by atomic mass is 10.0. The number of anilines is 1. The van der Waals surface area contributed by atoms with Crippen LogP contribution in [0.3, 0.4) is 0 Å². The highest BCUT2D eigenvalue weighted by molar-refractivity contribution is 5.83. The highest BCUT2D eigenvalue weighted by Gasteiger charge is 2.25. The largest absolute Gasteiger partial charge is 0.497 e. The van der Waals surface area contributed by atoms with Crippen molar-refractivity contribution in [3.63, 3.8) is 0 Å². The van der Waals surface area contributed by atoms with E-state index in [0.29, 0.717) is 55.2 Å². The molecule has 1 saturated heterocycles. The predicted molar refractivity (Wildman–Crippen MR) is 124 cm³/mol. The van der Waals surface area contributed by atoms with Crippen LogP contribution in [0.5, 0.6) is 5.75 Å². The molecular formula is C24H25N3O6. The topological polar surface area (TPSA) is 106 Å². The molecule has 0 atom stereocenters. The number of nitro groups is 1. The van der Waals surface area contributed by atoms with Gasteiger partial charge in [0.25, 0.3) is 5.69 Å². The van der Waals surface area contributed by atoms with Gasteiger partial charge in [0.2, 0.25) is 5.91 Å². The Morgan fingerprint density at radius 3 is 2.58 bits per heavy atom. The number of piperazine rings is 1. The molecule has 0 spiro atoms. The molecule has 9 nitrogen and oxygen atoms in total. The van der Waals surface area contributed by atoms with Crippen molar-refractivity contribution in [3.05, 3.63) is 74.1 Å². The summed E-state index contributed by atoms with van der Waals surface area (Å²) in [5.74, 6) is 0.554. The minimum absolute atomic E-state index is 0.0501. The maximum Gasteiger partial charge on any atom is 0.339 e. The normalized spacial score (nSPS) is 13.9. The van der Waals surface area contributed by atoms with Crippen LogP contribution in [0.25, 0.3) is 11.0 Å². The summed E-state index contributed by atoms with van der Waals surface area (Å²) < 4.78 is 10.6. The number of methoxy groups -OCH3 is 1. The fourth-order valence-corrected chi connectivity index (χ4v) is 4.26. The molecule has 1 aromatic heterocycles. The zero-order valence-corrected chi connectivity index (χ0v) is 18.6. The Hall–Kier alpha value is -3.88. The second-order valence-corrected chi connectivity index (χ2v) is 7.97. The molecule has 33 heavy (non-hydrogen) atoms. The van der Waals surface area contributed by atoms with Crippen LogP contribution in [0, 0.1) is 17.0 Å². The summed E-state index contributed by atoms with van der Waals surface area (Å²) in [6.07, 6.45) is 0.484. The number of amides is 1. The summed E-state index contributed by atoms with van der Waals surface area (Å²) in [4.78, 5) is 39.9. The van der Waals surface area contributed by atoms with Crippen LogP contribution in [-0.4, -0.2) is 49.0 Å². The summed E-state index contributed by atoms with van der Waals surface area (Å²) in [6.45, 7) is 3.81. The molecule has 3 aromatic rings. The van der Waals surface area contributed by atoms with E-state index in [9.17, 15) is 19.7 Å². The van der Waals surface area contributed by atoms with Crippen molar-refractivity contribution in [2.45, 2.75) is 19.8 Å². The van der Waals surface area contributed by atoms with E-state index in [2.05, 4.69) is 0 Å². The zero-order valence-electron chi connectivity index (χ0n) is 18.6. The third-order valence-corrected chi connectivity index (χ3v) is 6.13. The molecular weight excluding hydrogens is 426 g/mol. The second-order valence-electron chi connectivity index (χ2n) is 7.97. The van der Waals surface area contributed by atoms with Gasteiger partial charge in [-0.15, -0.1) is 0 Å². The van der Waals surface area contributed by atoms with E-state index in [-0.39, 0.29) is 22.9 Å². The first-order valence-corrected chi connectivity index (χ1v) is 10.8. The first kappa shape index (κ1) is 22.3. The Balaban J connectivity index is 1.41. The summed E-state index contributed by atoms with van der Waals surface area (Å²) in [6, 6.07) is 12.0. The van der Waals surface area contributed by atoms with Gasteiger partial charge in [-0.3, -0.25) is 14.9 Å². The molecule has 1 fully saturated rings. The van der Waals surface area contributed by atoms with Crippen LogP contribution < -0.4 is 15.3 Å². The average Bonchev–Trinajstić information content (AvgIpc) is 2.83. The van der Waals surface area contributed by atoms with Gasteiger partial charge in [-0.05, 0) is 37.1 Å². The van der Waals surface area contributed by atoms with Gasteiger partial charge in [0.05, 0.1) is 12.0 Å². The molecule has 172 valence electrons. The first-order chi connectivity index (χ1) is 15.9. The lowest BCUT2D eigenvalue weighted by molar-refractivity contribution is -0.384. The van der Waals surface area contributed by atoms with Gasteiger partial charge >= 0.3 is 5.63 Å². The minimum atomic E-state index is -0.442. The smallest absolute Gasteiger partial charge is 0.339 e. The maximum atomic E-state index is 12.8. The van der Waals surface area contributed by atoms with E-state index < -0.39 is 5.63 Å². The molecule has 0 radical (unpaired) electrons. The molecule has 0 bridgehead atoms. The number of nitro benzene ring substituents is 1. The van der Waals surface area contributed by atoms with Gasteiger partial charge in [-0.2, -0.15) is 0 Å². The van der Waals surface area contributed by atoms with Gasteiger partial charge in [0, 0.05) is 55.7 Å². The number of fused-ring (bicyclic) bond motifs is 1. The van der Waals surface area contributed by atoms with E-state index in [0.717, 1.165) is 10.9 Å². The molecule has 0 unspecified atom stereocenters. The van der Waals surface area contributed by atoms with Crippen molar-refractivity contribution >= 4 is 28.3 Å². The predicted octanol–water partition coefficient (Wildman–Crippen LogP) is 3.30. The number of hydrogen-bond donors (Lipinski definition) is 0. The highest BCUT2D eigenvalue weighted by atomic mass is 16.6. The van der Waals surface area contributed by atoms with Crippen molar-refractivity contribution in [1.29, 1.82) is 0 Å². The summed E-state index contributed by atoms with van der Waals surface area (Å²) >= 11 is 0. The Morgan fingerprint density at radius 1 is 1.15 bits per heavy atom. The number of carbonyl (C=O) groups excluding carboxylic acids is 1. The lowest BCUT2D eigenvalue weighted by Gasteiger charge is -2.35. The van der Waals surface area contributed by atoms with Crippen molar-refractivity contribution in [3.8, 4) is 5.75 Å². The fourth-order valence-electron chi connectivity index (χ4n) is 4.26. The third kappa shape index (κ3) is 4.52. The van der Waals surface area contributed by atoms with Crippen molar-refractivity contribution in [1.82, 2.24) is 4.90 Å². The van der Waals surface area contributed by atoms with Crippen LogP contribution in [0.1, 0.15) is 17.5 Å². The number of aryl methyl sites for hydroxylation is 1. The van der Waals surface area contributed by atoms with Gasteiger partial charge in [0.1, 0.15) is 17.0 Å². The number of hydrogen-bond acceptors (Lipinski definition) is 7. The van der Waals surface area contributed by atoms with Crippen LogP contribution >= 0.6 is 0 Å². The molecule has 0 N–H and O–H groups in total. The molecule has 9 heteroatoms. The molecule has 2 heterocycles. The average molecular weight is 451 g/mol. The molecule has 1 amide bonds. The summed E-state index contributed by atoms with van der Waals surface area (Å²) in [5, 5.41) is 12.1. The van der Waals surface area contributed by atoms with E-state index in [1.807, 2.05) is 17.9 Å². The molecule has 2 aromatic carbocycles. The van der Waals surface area contributed by atoms with E-state index in [1.165, 1.54) is 6.07 Å². The minimum Gasteiger partial charge on any atom is -0.497 e. The number of para-hydroxylation sites is 2. The standard InChI is InChI=1S/C24H25N3O6/c1-16-18-8-7-17(32-2)15-22(18)33-24(29)19(16)9-10-23(28)26-13-11-25(12-14-26)20-5-3-4-6-21(20)27(30)31/h3-8,15H,9-14H2,1-2H3. The number of nitrogens with zero attached hydrogens (tertiary/aromatic N) is 3. The van der Waals surface area contributed by atoms with Gasteiger partial charge in [0.15, 0.2) is 0 Å². The van der Waals surface area contributed by atoms with Gasteiger partial charge in [-0.1, -0.05) is 12.1 Å². The van der Waals surface area contributed by atoms with Crippen molar-refractivity contribution < 1.29 is 18.9 Å². The lowest BCUT2D eigenvalue weighted by Crippen LogP contribution is -2.49. The summed E-state index contributed by atoms with van der Waals surface area (Å²) in [5.41, 5.74) is 1.95. The van der Waals surface area contributed by atoms with E-state index in [1.54, 1.807) is 42.3 Å². The van der Waals surface area contributed by atoms with E-state index >= 15 is 0 Å². The SMILES string of the molecule is COc1ccc2c(C)c(CCC(=O)N3CCN(c4ccccc4[N+](=O)[O-])CC3)c(=O)oc2c1. The number of carbonyl (C=O) groups is 1. The molecule has 4 rings (SSSR count). The number of rotatable bonds is 6. The van der Waals surface area contributed by atoms with Gasteiger partial charge < -0.3 is 19.0 Å². The third-order valence-electron chi connectivity index (χ3n) is 6.13.